The molecule has 0 aliphatic carbocycles. The Kier molecular flexibility index (Phi) is 10.0. The van der Waals surface area contributed by atoms with E-state index in [0.717, 1.165) is 67.9 Å². The number of hydrogen-bond donors (Lipinski definition) is 2. The summed E-state index contributed by atoms with van der Waals surface area (Å²) in [5.74, 6) is 1.89. The Morgan fingerprint density at radius 3 is 2.59 bits per heavy atom. The molecule has 0 amide bonds. The van der Waals surface area contributed by atoms with Crippen molar-refractivity contribution in [3.63, 3.8) is 0 Å². The molecule has 7 heteroatoms. The van der Waals surface area contributed by atoms with Gasteiger partial charge in [-0.15, -0.1) is 0 Å². The number of unbranched alkanes of at least 4 members (excludes halogenated alkanes) is 1. The maximum atomic E-state index is 6.49. The minimum atomic E-state index is 0.196. The summed E-state index contributed by atoms with van der Waals surface area (Å²) in [4.78, 5) is 11.1. The SMILES string of the molecule is CCN(CC)C(CNC(=NC)NCCCCn1ccnc1C)c1ccccc1Cl. The van der Waals surface area contributed by atoms with Crippen LogP contribution >= 0.6 is 11.6 Å². The molecule has 0 spiro atoms. The summed E-state index contributed by atoms with van der Waals surface area (Å²) in [6.45, 7) is 11.0. The molecule has 6 nitrogen and oxygen atoms in total. The second-order valence-electron chi connectivity index (χ2n) is 7.01. The number of rotatable bonds is 11. The number of nitrogens with one attached hydrogen (secondary N) is 2. The third-order valence-corrected chi connectivity index (χ3v) is 5.59. The van der Waals surface area contributed by atoms with Crippen molar-refractivity contribution in [2.45, 2.75) is 46.2 Å². The number of guanidine groups is 1. The number of halogens is 1. The van der Waals surface area contributed by atoms with Crippen LogP contribution < -0.4 is 10.6 Å². The van der Waals surface area contributed by atoms with E-state index in [1.807, 2.05) is 44.6 Å². The van der Waals surface area contributed by atoms with Gasteiger partial charge in [0.05, 0.1) is 6.04 Å². The smallest absolute Gasteiger partial charge is 0.191 e. The molecule has 0 saturated heterocycles. The van der Waals surface area contributed by atoms with Crippen molar-refractivity contribution >= 4 is 17.6 Å². The molecule has 1 atom stereocenters. The van der Waals surface area contributed by atoms with Gasteiger partial charge in [0.1, 0.15) is 5.82 Å². The molecule has 2 N–H and O–H groups in total. The van der Waals surface area contributed by atoms with Crippen LogP contribution in [0.4, 0.5) is 0 Å². The normalized spacial score (nSPS) is 13.0. The van der Waals surface area contributed by atoms with Gasteiger partial charge in [-0.1, -0.05) is 43.6 Å². The largest absolute Gasteiger partial charge is 0.356 e. The van der Waals surface area contributed by atoms with E-state index in [9.17, 15) is 0 Å². The first-order valence-corrected chi connectivity index (χ1v) is 10.9. The van der Waals surface area contributed by atoms with Gasteiger partial charge < -0.3 is 15.2 Å². The van der Waals surface area contributed by atoms with Crippen LogP contribution in [0.3, 0.4) is 0 Å². The first-order chi connectivity index (χ1) is 14.1. The van der Waals surface area contributed by atoms with Gasteiger partial charge in [0.25, 0.3) is 0 Å². The van der Waals surface area contributed by atoms with Crippen LogP contribution in [0.5, 0.6) is 0 Å². The van der Waals surface area contributed by atoms with Crippen molar-refractivity contribution < 1.29 is 0 Å². The van der Waals surface area contributed by atoms with Crippen molar-refractivity contribution in [2.24, 2.45) is 4.99 Å². The highest BCUT2D eigenvalue weighted by Crippen LogP contribution is 2.26. The summed E-state index contributed by atoms with van der Waals surface area (Å²) in [5.41, 5.74) is 1.15. The van der Waals surface area contributed by atoms with Crippen LogP contribution in [0.1, 0.15) is 44.1 Å². The van der Waals surface area contributed by atoms with E-state index in [-0.39, 0.29) is 6.04 Å². The van der Waals surface area contributed by atoms with Crippen LogP contribution in [0, 0.1) is 6.92 Å². The van der Waals surface area contributed by atoms with Gasteiger partial charge in [-0.3, -0.25) is 9.89 Å². The Morgan fingerprint density at radius 1 is 1.21 bits per heavy atom. The topological polar surface area (TPSA) is 57.5 Å². The van der Waals surface area contributed by atoms with E-state index >= 15 is 0 Å². The molecule has 1 aromatic heterocycles. The first-order valence-electron chi connectivity index (χ1n) is 10.5. The molecule has 29 heavy (non-hydrogen) atoms. The second kappa shape index (κ2) is 12.5. The standard InChI is InChI=1S/C22H35ClN6/c1-5-28(6-2)21(19-11-7-8-12-20(19)23)17-27-22(24-4)26-13-9-10-15-29-16-14-25-18(29)3/h7-8,11-12,14,16,21H,5-6,9-10,13,15,17H2,1-4H3,(H2,24,26,27). The molecule has 0 aliphatic rings. The van der Waals surface area contributed by atoms with Crippen molar-refractivity contribution in [3.8, 4) is 0 Å². The van der Waals surface area contributed by atoms with Crippen LogP contribution in [0.2, 0.25) is 5.02 Å². The Balaban J connectivity index is 1.84. The summed E-state index contributed by atoms with van der Waals surface area (Å²) >= 11 is 6.49. The predicted molar refractivity (Wildman–Crippen MR) is 123 cm³/mol. The van der Waals surface area contributed by atoms with Gasteiger partial charge in [0.2, 0.25) is 0 Å². The van der Waals surface area contributed by atoms with Crippen molar-refractivity contribution in [2.75, 3.05) is 33.2 Å². The lowest BCUT2D eigenvalue weighted by atomic mass is 10.0. The third-order valence-electron chi connectivity index (χ3n) is 5.25. The molecule has 1 unspecified atom stereocenters. The number of imidazole rings is 1. The average molecular weight is 419 g/mol. The molecule has 0 saturated carbocycles. The fourth-order valence-electron chi connectivity index (χ4n) is 3.51. The number of benzene rings is 1. The highest BCUT2D eigenvalue weighted by atomic mass is 35.5. The molecule has 2 rings (SSSR count). The fourth-order valence-corrected chi connectivity index (χ4v) is 3.78. The Hall–Kier alpha value is -2.05. The van der Waals surface area contributed by atoms with Gasteiger partial charge in [0, 0.05) is 44.1 Å². The second-order valence-corrected chi connectivity index (χ2v) is 7.42. The first kappa shape index (κ1) is 23.2. The van der Waals surface area contributed by atoms with E-state index in [0.29, 0.717) is 0 Å². The number of aliphatic imine (C=N–C) groups is 1. The van der Waals surface area contributed by atoms with Crippen molar-refractivity contribution in [3.05, 3.63) is 53.1 Å². The Morgan fingerprint density at radius 2 is 1.97 bits per heavy atom. The summed E-state index contributed by atoms with van der Waals surface area (Å²) in [7, 11) is 1.81. The van der Waals surface area contributed by atoms with E-state index in [4.69, 9.17) is 11.6 Å². The monoisotopic (exact) mass is 418 g/mol. The van der Waals surface area contributed by atoms with E-state index in [2.05, 4.69) is 50.0 Å². The molecule has 160 valence electrons. The molecule has 0 fully saturated rings. The number of aryl methyl sites for hydroxylation is 2. The molecule has 0 aliphatic heterocycles. The van der Waals surface area contributed by atoms with E-state index < -0.39 is 0 Å². The lowest BCUT2D eigenvalue weighted by molar-refractivity contribution is 0.219. The van der Waals surface area contributed by atoms with Crippen LogP contribution in [0.25, 0.3) is 0 Å². The molecule has 1 heterocycles. The quantitative estimate of drug-likeness (QED) is 0.330. The lowest BCUT2D eigenvalue weighted by Crippen LogP contribution is -2.43. The Labute approximate surface area is 180 Å². The minimum Gasteiger partial charge on any atom is -0.356 e. The zero-order valence-electron chi connectivity index (χ0n) is 18.2. The van der Waals surface area contributed by atoms with E-state index in [1.54, 1.807) is 0 Å². The van der Waals surface area contributed by atoms with Gasteiger partial charge in [-0.2, -0.15) is 0 Å². The molecule has 1 aromatic carbocycles. The molecule has 0 bridgehead atoms. The van der Waals surface area contributed by atoms with Crippen LogP contribution in [-0.4, -0.2) is 53.6 Å². The highest BCUT2D eigenvalue weighted by molar-refractivity contribution is 6.31. The lowest BCUT2D eigenvalue weighted by Gasteiger charge is -2.31. The molecular formula is C22H35ClN6. The van der Waals surface area contributed by atoms with Gasteiger partial charge >= 0.3 is 0 Å². The summed E-state index contributed by atoms with van der Waals surface area (Å²) in [5, 5.41) is 7.71. The van der Waals surface area contributed by atoms with Gasteiger partial charge in [-0.05, 0) is 44.5 Å². The molecule has 2 aromatic rings. The molecule has 0 radical (unpaired) electrons. The zero-order chi connectivity index (χ0) is 21.1. The van der Waals surface area contributed by atoms with Crippen molar-refractivity contribution in [1.29, 1.82) is 0 Å². The van der Waals surface area contributed by atoms with Crippen LogP contribution in [0.15, 0.2) is 41.7 Å². The van der Waals surface area contributed by atoms with Crippen molar-refractivity contribution in [1.82, 2.24) is 25.1 Å². The summed E-state index contributed by atoms with van der Waals surface area (Å²) in [6, 6.07) is 8.29. The average Bonchev–Trinajstić information content (AvgIpc) is 3.14. The molecular weight excluding hydrogens is 384 g/mol. The fraction of sp³-hybridized carbons (Fsp3) is 0.545. The van der Waals surface area contributed by atoms with Gasteiger partial charge in [-0.25, -0.2) is 4.98 Å². The number of hydrogen-bond acceptors (Lipinski definition) is 3. The third kappa shape index (κ3) is 7.05. The van der Waals surface area contributed by atoms with E-state index in [1.165, 1.54) is 0 Å². The number of nitrogens with zero attached hydrogens (tertiary/aromatic N) is 4. The highest BCUT2D eigenvalue weighted by Gasteiger charge is 2.20. The maximum absolute atomic E-state index is 6.49. The number of aromatic nitrogens is 2. The predicted octanol–water partition coefficient (Wildman–Crippen LogP) is 3.87. The summed E-state index contributed by atoms with van der Waals surface area (Å²) < 4.78 is 2.19. The summed E-state index contributed by atoms with van der Waals surface area (Å²) in [6.07, 6.45) is 6.06. The van der Waals surface area contributed by atoms with Crippen LogP contribution in [-0.2, 0) is 6.54 Å². The Bertz CT molecular complexity index is 753. The zero-order valence-corrected chi connectivity index (χ0v) is 18.9. The van der Waals surface area contributed by atoms with Gasteiger partial charge in [0.15, 0.2) is 5.96 Å². The maximum Gasteiger partial charge on any atom is 0.191 e. The minimum absolute atomic E-state index is 0.196. The number of likely N-dealkylation sites (N-methyl/N-ethyl adjacent to an activating group) is 1.